The van der Waals surface area contributed by atoms with Gasteiger partial charge in [0.15, 0.2) is 0 Å². The Morgan fingerprint density at radius 3 is 2.69 bits per heavy atom. The maximum absolute atomic E-state index is 13.3. The molecule has 1 aromatic rings. The van der Waals surface area contributed by atoms with Crippen LogP contribution < -0.4 is 11.1 Å². The van der Waals surface area contributed by atoms with Gasteiger partial charge in [-0.25, -0.2) is 8.78 Å². The van der Waals surface area contributed by atoms with Crippen molar-refractivity contribution in [2.45, 2.75) is 12.8 Å². The summed E-state index contributed by atoms with van der Waals surface area (Å²) in [6.45, 7) is 0.537. The van der Waals surface area contributed by atoms with Gasteiger partial charge >= 0.3 is 0 Å². The molecule has 0 spiro atoms. The molecule has 0 radical (unpaired) electrons. The summed E-state index contributed by atoms with van der Waals surface area (Å²) in [5.41, 5.74) is 4.84. The molecule has 1 aromatic carbocycles. The molecule has 0 bridgehead atoms. The highest BCUT2D eigenvalue weighted by Gasteiger charge is 2.23. The number of anilines is 1. The number of hydrogen-bond acceptors (Lipinski definition) is 2. The molecule has 0 aromatic heterocycles. The van der Waals surface area contributed by atoms with E-state index in [0.29, 0.717) is 18.5 Å². The van der Waals surface area contributed by atoms with E-state index < -0.39 is 17.5 Å². The summed E-state index contributed by atoms with van der Waals surface area (Å²) in [4.78, 5) is 11.5. The fraction of sp³-hybridized carbons (Fsp3) is 0.364. The van der Waals surface area contributed by atoms with E-state index in [-0.39, 0.29) is 11.3 Å². The number of carbonyl (C=O) groups excluding carboxylic acids is 1. The molecule has 1 saturated carbocycles. The van der Waals surface area contributed by atoms with Gasteiger partial charge in [-0.2, -0.15) is 0 Å². The first kappa shape index (κ1) is 10.9. The quantitative estimate of drug-likeness (QED) is 0.770. The SMILES string of the molecule is Nc1cc(C(=O)NCC2CC2)c(F)cc1F. The number of hydrogen-bond donors (Lipinski definition) is 2. The van der Waals surface area contributed by atoms with Crippen LogP contribution in [0.4, 0.5) is 14.5 Å². The lowest BCUT2D eigenvalue weighted by molar-refractivity contribution is 0.0947. The first-order valence-electron chi connectivity index (χ1n) is 5.10. The van der Waals surface area contributed by atoms with E-state index in [1.54, 1.807) is 0 Å². The van der Waals surface area contributed by atoms with E-state index in [4.69, 9.17) is 5.73 Å². The van der Waals surface area contributed by atoms with Crippen molar-refractivity contribution in [3.63, 3.8) is 0 Å². The topological polar surface area (TPSA) is 55.1 Å². The molecule has 0 saturated heterocycles. The lowest BCUT2D eigenvalue weighted by Gasteiger charge is -2.06. The first-order valence-corrected chi connectivity index (χ1v) is 5.10. The van der Waals surface area contributed by atoms with E-state index in [1.807, 2.05) is 0 Å². The molecule has 1 fully saturated rings. The summed E-state index contributed by atoms with van der Waals surface area (Å²) in [5, 5.41) is 2.59. The molecule has 1 aliphatic carbocycles. The molecule has 1 amide bonds. The van der Waals surface area contributed by atoms with E-state index in [1.165, 1.54) is 0 Å². The molecule has 86 valence electrons. The fourth-order valence-electron chi connectivity index (χ4n) is 1.39. The van der Waals surface area contributed by atoms with Crippen LogP contribution in [0.1, 0.15) is 23.2 Å². The zero-order chi connectivity index (χ0) is 11.7. The highest BCUT2D eigenvalue weighted by Crippen LogP contribution is 2.27. The van der Waals surface area contributed by atoms with Gasteiger partial charge in [0.05, 0.1) is 11.3 Å². The minimum atomic E-state index is -0.889. The Bertz CT molecular complexity index is 430. The first-order chi connectivity index (χ1) is 7.58. The predicted octanol–water partition coefficient (Wildman–Crippen LogP) is 1.69. The van der Waals surface area contributed by atoms with Gasteiger partial charge < -0.3 is 11.1 Å². The number of rotatable bonds is 3. The summed E-state index contributed by atoms with van der Waals surface area (Å²) in [7, 11) is 0. The molecule has 0 aliphatic heterocycles. The minimum Gasteiger partial charge on any atom is -0.396 e. The van der Waals surface area contributed by atoms with E-state index >= 15 is 0 Å². The Morgan fingerprint density at radius 2 is 2.06 bits per heavy atom. The predicted molar refractivity (Wildman–Crippen MR) is 55.8 cm³/mol. The molecule has 1 aliphatic rings. The average Bonchev–Trinajstić information content (AvgIpc) is 3.03. The molecule has 0 unspecified atom stereocenters. The molecule has 16 heavy (non-hydrogen) atoms. The molecule has 5 heteroatoms. The van der Waals surface area contributed by atoms with Gasteiger partial charge in [-0.15, -0.1) is 0 Å². The van der Waals surface area contributed by atoms with Crippen LogP contribution in [0.5, 0.6) is 0 Å². The standard InChI is InChI=1S/C11H12F2N2O/c12-8-4-9(13)10(14)3-7(8)11(16)15-5-6-1-2-6/h3-4,6H,1-2,5,14H2,(H,15,16). The van der Waals surface area contributed by atoms with Crippen LogP contribution in [0.25, 0.3) is 0 Å². The summed E-state index contributed by atoms with van der Waals surface area (Å²) in [5.74, 6) is -1.78. The zero-order valence-electron chi connectivity index (χ0n) is 8.59. The van der Waals surface area contributed by atoms with E-state index in [0.717, 1.165) is 18.9 Å². The van der Waals surface area contributed by atoms with Crippen molar-refractivity contribution >= 4 is 11.6 Å². The second kappa shape index (κ2) is 4.08. The van der Waals surface area contributed by atoms with Crippen LogP contribution in [-0.4, -0.2) is 12.5 Å². The largest absolute Gasteiger partial charge is 0.396 e. The zero-order valence-corrected chi connectivity index (χ0v) is 8.59. The number of nitrogens with two attached hydrogens (primary N) is 1. The van der Waals surface area contributed by atoms with Crippen molar-refractivity contribution in [1.29, 1.82) is 0 Å². The van der Waals surface area contributed by atoms with Crippen LogP contribution >= 0.6 is 0 Å². The van der Waals surface area contributed by atoms with Crippen molar-refractivity contribution in [3.05, 3.63) is 29.3 Å². The van der Waals surface area contributed by atoms with Gasteiger partial charge in [0, 0.05) is 12.6 Å². The maximum atomic E-state index is 13.3. The highest BCUT2D eigenvalue weighted by atomic mass is 19.1. The molecule has 3 N–H and O–H groups in total. The number of carbonyl (C=O) groups is 1. The smallest absolute Gasteiger partial charge is 0.254 e. The van der Waals surface area contributed by atoms with Crippen molar-refractivity contribution < 1.29 is 13.6 Å². The van der Waals surface area contributed by atoms with Gasteiger partial charge in [0.2, 0.25) is 0 Å². The van der Waals surface area contributed by atoms with E-state index in [2.05, 4.69) is 5.32 Å². The lowest BCUT2D eigenvalue weighted by atomic mass is 10.1. The number of halogens is 2. The van der Waals surface area contributed by atoms with Gasteiger partial charge in [-0.3, -0.25) is 4.79 Å². The monoisotopic (exact) mass is 226 g/mol. The van der Waals surface area contributed by atoms with Crippen LogP contribution in [0.2, 0.25) is 0 Å². The Balaban J connectivity index is 2.11. The Hall–Kier alpha value is -1.65. The Kier molecular flexibility index (Phi) is 2.77. The summed E-state index contributed by atoms with van der Waals surface area (Å²) < 4.78 is 26.1. The minimum absolute atomic E-state index is 0.209. The highest BCUT2D eigenvalue weighted by molar-refractivity contribution is 5.95. The number of nitrogen functional groups attached to an aromatic ring is 1. The number of nitrogens with one attached hydrogen (secondary N) is 1. The third-order valence-corrected chi connectivity index (χ3v) is 2.58. The van der Waals surface area contributed by atoms with Crippen LogP contribution in [0.3, 0.4) is 0 Å². The van der Waals surface area contributed by atoms with Crippen LogP contribution in [-0.2, 0) is 0 Å². The Morgan fingerprint density at radius 1 is 1.38 bits per heavy atom. The molecular formula is C11H12F2N2O. The van der Waals surface area contributed by atoms with Crippen molar-refractivity contribution in [3.8, 4) is 0 Å². The third-order valence-electron chi connectivity index (χ3n) is 2.58. The molecule has 3 nitrogen and oxygen atoms in total. The van der Waals surface area contributed by atoms with E-state index in [9.17, 15) is 13.6 Å². The second-order valence-electron chi connectivity index (χ2n) is 4.01. The summed E-state index contributed by atoms with van der Waals surface area (Å²) in [6.07, 6.45) is 2.18. The number of amides is 1. The molecular weight excluding hydrogens is 214 g/mol. The summed E-state index contributed by atoms with van der Waals surface area (Å²) in [6, 6.07) is 1.65. The van der Waals surface area contributed by atoms with Crippen LogP contribution in [0.15, 0.2) is 12.1 Å². The Labute approximate surface area is 91.6 Å². The van der Waals surface area contributed by atoms with Crippen molar-refractivity contribution in [2.75, 3.05) is 12.3 Å². The molecule has 0 heterocycles. The van der Waals surface area contributed by atoms with Crippen molar-refractivity contribution in [1.82, 2.24) is 5.32 Å². The second-order valence-corrected chi connectivity index (χ2v) is 4.01. The molecule has 0 atom stereocenters. The maximum Gasteiger partial charge on any atom is 0.254 e. The number of benzene rings is 1. The van der Waals surface area contributed by atoms with Gasteiger partial charge in [-0.05, 0) is 24.8 Å². The normalized spacial score (nSPS) is 14.9. The fourth-order valence-corrected chi connectivity index (χ4v) is 1.39. The lowest BCUT2D eigenvalue weighted by Crippen LogP contribution is -2.26. The van der Waals surface area contributed by atoms with Gasteiger partial charge in [0.1, 0.15) is 11.6 Å². The molecule has 2 rings (SSSR count). The van der Waals surface area contributed by atoms with Gasteiger partial charge in [-0.1, -0.05) is 0 Å². The summed E-state index contributed by atoms with van der Waals surface area (Å²) >= 11 is 0. The van der Waals surface area contributed by atoms with Gasteiger partial charge in [0.25, 0.3) is 5.91 Å². The van der Waals surface area contributed by atoms with Crippen LogP contribution in [0, 0.1) is 17.6 Å². The third kappa shape index (κ3) is 2.29. The average molecular weight is 226 g/mol. The van der Waals surface area contributed by atoms with Crippen molar-refractivity contribution in [2.24, 2.45) is 5.92 Å².